The van der Waals surface area contributed by atoms with Gasteiger partial charge in [0, 0.05) is 24.2 Å². The van der Waals surface area contributed by atoms with E-state index >= 15 is 0 Å². The predicted octanol–water partition coefficient (Wildman–Crippen LogP) is 4.81. The van der Waals surface area contributed by atoms with E-state index in [-0.39, 0.29) is 23.8 Å². The van der Waals surface area contributed by atoms with Gasteiger partial charge in [0.1, 0.15) is 0 Å². The second-order valence-corrected chi connectivity index (χ2v) is 7.05. The fourth-order valence-corrected chi connectivity index (χ4v) is 3.39. The highest BCUT2D eigenvalue weighted by molar-refractivity contribution is 6.04. The molecule has 0 spiro atoms. The lowest BCUT2D eigenvalue weighted by Crippen LogP contribution is -2.35. The lowest BCUT2D eigenvalue weighted by Gasteiger charge is -2.30. The van der Waals surface area contributed by atoms with Crippen molar-refractivity contribution < 1.29 is 9.59 Å². The van der Waals surface area contributed by atoms with Gasteiger partial charge in [0.25, 0.3) is 5.91 Å². The molecule has 140 valence electrons. The minimum Gasteiger partial charge on any atom is -0.339 e. The number of hydrogen-bond donors (Lipinski definition) is 1. The number of allylic oxidation sites excluding steroid dienone is 2. The Bertz CT molecular complexity index is 829. The molecule has 1 aliphatic carbocycles. The Balaban J connectivity index is 1.69. The van der Waals surface area contributed by atoms with Crippen LogP contribution in [0.15, 0.2) is 66.7 Å². The summed E-state index contributed by atoms with van der Waals surface area (Å²) in [5, 5.41) is 2.93. The number of amides is 2. The lowest BCUT2D eigenvalue weighted by atomic mass is 9.92. The Morgan fingerprint density at radius 3 is 2.56 bits per heavy atom. The van der Waals surface area contributed by atoms with Crippen LogP contribution in [-0.4, -0.2) is 23.8 Å². The zero-order valence-electron chi connectivity index (χ0n) is 15.9. The monoisotopic (exact) mass is 362 g/mol. The van der Waals surface area contributed by atoms with Crippen LogP contribution in [0.2, 0.25) is 0 Å². The van der Waals surface area contributed by atoms with E-state index in [1.54, 1.807) is 12.1 Å². The zero-order chi connectivity index (χ0) is 19.2. The molecule has 3 rings (SSSR count). The molecule has 2 amide bonds. The fraction of sp³-hybridized carbons (Fsp3) is 0.304. The highest BCUT2D eigenvalue weighted by Gasteiger charge is 2.25. The molecule has 4 nitrogen and oxygen atoms in total. The minimum atomic E-state index is -0.140. The molecule has 1 N–H and O–H groups in total. The van der Waals surface area contributed by atoms with E-state index in [1.807, 2.05) is 61.3 Å². The molecule has 2 aromatic rings. The van der Waals surface area contributed by atoms with Crippen LogP contribution in [0.1, 0.15) is 48.1 Å². The molecule has 0 bridgehead atoms. The summed E-state index contributed by atoms with van der Waals surface area (Å²) in [7, 11) is 1.86. The van der Waals surface area contributed by atoms with Gasteiger partial charge in [0.2, 0.25) is 5.91 Å². The van der Waals surface area contributed by atoms with Gasteiger partial charge in [0.05, 0.1) is 6.04 Å². The summed E-state index contributed by atoms with van der Waals surface area (Å²) in [4.78, 5) is 27.0. The molecule has 0 saturated heterocycles. The van der Waals surface area contributed by atoms with Crippen molar-refractivity contribution in [3.63, 3.8) is 0 Å². The molecule has 27 heavy (non-hydrogen) atoms. The van der Waals surface area contributed by atoms with Crippen molar-refractivity contribution >= 4 is 17.5 Å². The molecule has 0 unspecified atom stereocenters. The van der Waals surface area contributed by atoms with Crippen LogP contribution in [0, 0.1) is 5.92 Å². The van der Waals surface area contributed by atoms with Gasteiger partial charge in [-0.3, -0.25) is 9.59 Å². The normalized spacial score (nSPS) is 17.2. The second kappa shape index (κ2) is 8.67. The highest BCUT2D eigenvalue weighted by atomic mass is 16.2. The number of hydrogen-bond acceptors (Lipinski definition) is 2. The molecule has 2 aromatic carbocycles. The standard InChI is InChI=1S/C23H26N2O2/c1-17(25(2)23(27)19-12-7-4-8-13-19)20-14-9-15-21(16-20)24-22(26)18-10-5-3-6-11-18/h3-7,9-11,14-17,19H,8,12-13H2,1-2H3,(H,24,26)/t17-,19-/m0/s1. The van der Waals surface area contributed by atoms with Gasteiger partial charge in [-0.25, -0.2) is 0 Å². The molecule has 0 aliphatic heterocycles. The van der Waals surface area contributed by atoms with Crippen molar-refractivity contribution in [3.05, 3.63) is 77.9 Å². The number of carbonyl (C=O) groups excluding carboxylic acids is 2. The predicted molar refractivity (Wildman–Crippen MR) is 109 cm³/mol. The first-order valence-electron chi connectivity index (χ1n) is 9.44. The van der Waals surface area contributed by atoms with E-state index in [4.69, 9.17) is 0 Å². The van der Waals surface area contributed by atoms with Crippen molar-refractivity contribution in [2.45, 2.75) is 32.2 Å². The van der Waals surface area contributed by atoms with Crippen molar-refractivity contribution in [2.24, 2.45) is 5.92 Å². The van der Waals surface area contributed by atoms with Gasteiger partial charge >= 0.3 is 0 Å². The molecule has 1 aliphatic rings. The first-order valence-corrected chi connectivity index (χ1v) is 9.44. The number of nitrogens with one attached hydrogen (secondary N) is 1. The molecule has 0 fully saturated rings. The van der Waals surface area contributed by atoms with E-state index in [1.165, 1.54) is 0 Å². The van der Waals surface area contributed by atoms with E-state index in [2.05, 4.69) is 17.5 Å². The molecule has 0 radical (unpaired) electrons. The Hall–Kier alpha value is -2.88. The Kier molecular flexibility index (Phi) is 6.07. The Labute approximate surface area is 160 Å². The zero-order valence-corrected chi connectivity index (χ0v) is 15.9. The Morgan fingerprint density at radius 1 is 1.07 bits per heavy atom. The van der Waals surface area contributed by atoms with E-state index < -0.39 is 0 Å². The van der Waals surface area contributed by atoms with Crippen LogP contribution >= 0.6 is 0 Å². The average molecular weight is 362 g/mol. The maximum absolute atomic E-state index is 12.8. The maximum atomic E-state index is 12.8. The van der Waals surface area contributed by atoms with Crippen LogP contribution in [0.4, 0.5) is 5.69 Å². The van der Waals surface area contributed by atoms with Crippen LogP contribution in [-0.2, 0) is 4.79 Å². The second-order valence-electron chi connectivity index (χ2n) is 7.05. The minimum absolute atomic E-state index is 0.0583. The van der Waals surface area contributed by atoms with E-state index in [0.717, 1.165) is 30.5 Å². The lowest BCUT2D eigenvalue weighted by molar-refractivity contribution is -0.136. The van der Waals surface area contributed by atoms with Gasteiger partial charge < -0.3 is 10.2 Å². The molecule has 0 saturated carbocycles. The third-order valence-corrected chi connectivity index (χ3v) is 5.21. The van der Waals surface area contributed by atoms with Gasteiger partial charge in [-0.2, -0.15) is 0 Å². The summed E-state index contributed by atoms with van der Waals surface area (Å²) in [5.41, 5.74) is 2.35. The SMILES string of the molecule is C[C@@H](c1cccc(NC(=O)c2ccccc2)c1)N(C)C(=O)[C@H]1CC=CCC1. The van der Waals surface area contributed by atoms with Crippen molar-refractivity contribution in [3.8, 4) is 0 Å². The molecule has 0 heterocycles. The summed E-state index contributed by atoms with van der Waals surface area (Å²) in [6, 6.07) is 16.8. The quantitative estimate of drug-likeness (QED) is 0.776. The largest absolute Gasteiger partial charge is 0.339 e. The molecule has 0 aromatic heterocycles. The van der Waals surface area contributed by atoms with Gasteiger partial charge in [-0.1, -0.05) is 42.5 Å². The molecular weight excluding hydrogens is 336 g/mol. The topological polar surface area (TPSA) is 49.4 Å². The van der Waals surface area contributed by atoms with Crippen LogP contribution in [0.3, 0.4) is 0 Å². The number of rotatable bonds is 5. The first-order chi connectivity index (χ1) is 13.1. The number of carbonyl (C=O) groups is 2. The summed E-state index contributed by atoms with van der Waals surface area (Å²) < 4.78 is 0. The van der Waals surface area contributed by atoms with Crippen molar-refractivity contribution in [1.82, 2.24) is 4.90 Å². The summed E-state index contributed by atoms with van der Waals surface area (Å²) >= 11 is 0. The summed E-state index contributed by atoms with van der Waals surface area (Å²) in [6.07, 6.45) is 6.96. The Morgan fingerprint density at radius 2 is 1.85 bits per heavy atom. The molecule has 2 atom stereocenters. The summed E-state index contributed by atoms with van der Waals surface area (Å²) in [6.45, 7) is 2.02. The van der Waals surface area contributed by atoms with Crippen LogP contribution in [0.5, 0.6) is 0 Å². The number of nitrogens with zero attached hydrogens (tertiary/aromatic N) is 1. The van der Waals surface area contributed by atoms with Crippen molar-refractivity contribution in [1.29, 1.82) is 0 Å². The van der Waals surface area contributed by atoms with Gasteiger partial charge in [0.15, 0.2) is 0 Å². The van der Waals surface area contributed by atoms with Gasteiger partial charge in [-0.05, 0) is 56.0 Å². The average Bonchev–Trinajstić information content (AvgIpc) is 2.73. The van der Waals surface area contributed by atoms with E-state index in [0.29, 0.717) is 5.56 Å². The highest BCUT2D eigenvalue weighted by Crippen LogP contribution is 2.27. The smallest absolute Gasteiger partial charge is 0.255 e. The van der Waals surface area contributed by atoms with Gasteiger partial charge in [-0.15, -0.1) is 0 Å². The maximum Gasteiger partial charge on any atom is 0.255 e. The molecule has 4 heteroatoms. The molecular formula is C23H26N2O2. The summed E-state index contributed by atoms with van der Waals surface area (Å²) in [5.74, 6) is 0.118. The van der Waals surface area contributed by atoms with Crippen LogP contribution < -0.4 is 5.32 Å². The van der Waals surface area contributed by atoms with Crippen molar-refractivity contribution in [2.75, 3.05) is 12.4 Å². The number of anilines is 1. The third kappa shape index (κ3) is 4.64. The fourth-order valence-electron chi connectivity index (χ4n) is 3.39. The third-order valence-electron chi connectivity index (χ3n) is 5.21. The van der Waals surface area contributed by atoms with E-state index in [9.17, 15) is 9.59 Å². The number of benzene rings is 2. The first kappa shape index (κ1) is 18.9. The van der Waals surface area contributed by atoms with Crippen LogP contribution in [0.25, 0.3) is 0 Å².